The second kappa shape index (κ2) is 5.95. The number of aromatic amines is 1. The molecule has 2 aromatic rings. The summed E-state index contributed by atoms with van der Waals surface area (Å²) in [5.41, 5.74) is 2.01. The molecular weight excluding hydrogens is 230 g/mol. The lowest BCUT2D eigenvalue weighted by atomic mass is 10.2. The molecule has 0 saturated heterocycles. The molecule has 0 amide bonds. The van der Waals surface area contributed by atoms with Crippen LogP contribution in [0, 0.1) is 0 Å². The van der Waals surface area contributed by atoms with E-state index in [4.69, 9.17) is 9.47 Å². The number of hydrogen-bond acceptors (Lipinski definition) is 4. The lowest BCUT2D eigenvalue weighted by Crippen LogP contribution is -2.01. The Morgan fingerprint density at radius 1 is 1.28 bits per heavy atom. The summed E-state index contributed by atoms with van der Waals surface area (Å²) in [6.45, 7) is 3.26. The third kappa shape index (κ3) is 2.94. The van der Waals surface area contributed by atoms with Crippen LogP contribution in [0.25, 0.3) is 0 Å². The van der Waals surface area contributed by atoms with Crippen molar-refractivity contribution in [2.75, 3.05) is 19.0 Å². The third-order valence-electron chi connectivity index (χ3n) is 2.50. The summed E-state index contributed by atoms with van der Waals surface area (Å²) in [7, 11) is 1.64. The summed E-state index contributed by atoms with van der Waals surface area (Å²) in [6, 6.07) is 7.71. The third-order valence-corrected chi connectivity index (χ3v) is 2.50. The molecule has 0 saturated carbocycles. The molecule has 1 heterocycles. The van der Waals surface area contributed by atoms with Gasteiger partial charge in [0.05, 0.1) is 26.0 Å². The number of rotatable bonds is 6. The van der Waals surface area contributed by atoms with Crippen LogP contribution in [-0.4, -0.2) is 23.9 Å². The van der Waals surface area contributed by atoms with Gasteiger partial charge in [-0.25, -0.2) is 0 Å². The summed E-state index contributed by atoms with van der Waals surface area (Å²) in [6.07, 6.45) is 1.73. The zero-order chi connectivity index (χ0) is 12.8. The van der Waals surface area contributed by atoms with E-state index in [0.29, 0.717) is 13.2 Å². The topological polar surface area (TPSA) is 59.2 Å². The molecule has 96 valence electrons. The fraction of sp³-hybridized carbons (Fsp3) is 0.308. The van der Waals surface area contributed by atoms with Gasteiger partial charge in [-0.2, -0.15) is 5.10 Å². The molecule has 0 aliphatic rings. The van der Waals surface area contributed by atoms with Crippen molar-refractivity contribution >= 4 is 5.69 Å². The van der Waals surface area contributed by atoms with Crippen molar-refractivity contribution in [1.82, 2.24) is 10.2 Å². The fourth-order valence-electron chi connectivity index (χ4n) is 1.63. The van der Waals surface area contributed by atoms with E-state index in [0.717, 1.165) is 22.9 Å². The number of hydrogen-bond donors (Lipinski definition) is 2. The van der Waals surface area contributed by atoms with Crippen molar-refractivity contribution in [2.24, 2.45) is 0 Å². The van der Waals surface area contributed by atoms with Gasteiger partial charge in [0.2, 0.25) is 0 Å². The number of nitrogens with one attached hydrogen (secondary N) is 2. The maximum atomic E-state index is 5.46. The van der Waals surface area contributed by atoms with Crippen molar-refractivity contribution in [3.63, 3.8) is 0 Å². The minimum atomic E-state index is 0.622. The standard InChI is InChI=1S/C13H17N3O2/c1-3-18-12-5-4-10(8-13(12)17-2)14-9-11-6-7-15-16-11/h4-8,14H,3,9H2,1-2H3,(H,15,16). The number of methoxy groups -OCH3 is 1. The largest absolute Gasteiger partial charge is 0.493 e. The molecule has 2 rings (SSSR count). The number of anilines is 1. The lowest BCUT2D eigenvalue weighted by molar-refractivity contribution is 0.311. The van der Waals surface area contributed by atoms with E-state index in [1.807, 2.05) is 31.2 Å². The fourth-order valence-corrected chi connectivity index (χ4v) is 1.63. The second-order valence-corrected chi connectivity index (χ2v) is 3.73. The summed E-state index contributed by atoms with van der Waals surface area (Å²) in [5, 5.41) is 10.1. The van der Waals surface area contributed by atoms with Crippen molar-refractivity contribution in [3.8, 4) is 11.5 Å². The molecule has 0 aliphatic carbocycles. The van der Waals surface area contributed by atoms with Gasteiger partial charge in [-0.3, -0.25) is 5.10 Å². The van der Waals surface area contributed by atoms with Crippen molar-refractivity contribution < 1.29 is 9.47 Å². The quantitative estimate of drug-likeness (QED) is 0.823. The van der Waals surface area contributed by atoms with E-state index in [1.165, 1.54) is 0 Å². The van der Waals surface area contributed by atoms with Gasteiger partial charge in [0.1, 0.15) is 0 Å². The van der Waals surface area contributed by atoms with Crippen molar-refractivity contribution in [3.05, 3.63) is 36.2 Å². The molecule has 0 aliphatic heterocycles. The molecule has 0 fully saturated rings. The Balaban J connectivity index is 2.05. The molecule has 0 bridgehead atoms. The second-order valence-electron chi connectivity index (χ2n) is 3.73. The molecule has 0 unspecified atom stereocenters. The Bertz CT molecular complexity index is 483. The van der Waals surface area contributed by atoms with E-state index in [2.05, 4.69) is 15.5 Å². The molecule has 2 N–H and O–H groups in total. The first kappa shape index (κ1) is 12.3. The summed E-state index contributed by atoms with van der Waals surface area (Å²) in [5.74, 6) is 1.48. The van der Waals surface area contributed by atoms with E-state index in [9.17, 15) is 0 Å². The first-order valence-electron chi connectivity index (χ1n) is 5.86. The molecule has 18 heavy (non-hydrogen) atoms. The number of ether oxygens (including phenoxy) is 2. The van der Waals surface area contributed by atoms with Crippen LogP contribution in [-0.2, 0) is 6.54 Å². The highest BCUT2D eigenvalue weighted by atomic mass is 16.5. The normalized spacial score (nSPS) is 10.1. The summed E-state index contributed by atoms with van der Waals surface area (Å²) >= 11 is 0. The summed E-state index contributed by atoms with van der Waals surface area (Å²) in [4.78, 5) is 0. The van der Waals surface area contributed by atoms with E-state index in [-0.39, 0.29) is 0 Å². The number of aromatic nitrogens is 2. The van der Waals surface area contributed by atoms with Crippen LogP contribution in [0.4, 0.5) is 5.69 Å². The van der Waals surface area contributed by atoms with Crippen LogP contribution in [0.3, 0.4) is 0 Å². The van der Waals surface area contributed by atoms with Crippen LogP contribution in [0.1, 0.15) is 12.6 Å². The molecule has 0 radical (unpaired) electrons. The van der Waals surface area contributed by atoms with Gasteiger partial charge in [-0.1, -0.05) is 0 Å². The Kier molecular flexibility index (Phi) is 4.06. The molecule has 5 heteroatoms. The van der Waals surface area contributed by atoms with E-state index in [1.54, 1.807) is 13.3 Å². The monoisotopic (exact) mass is 247 g/mol. The maximum Gasteiger partial charge on any atom is 0.162 e. The SMILES string of the molecule is CCOc1ccc(NCc2ccn[nH]2)cc1OC. The smallest absolute Gasteiger partial charge is 0.162 e. The van der Waals surface area contributed by atoms with Crippen LogP contribution in [0.15, 0.2) is 30.5 Å². The average Bonchev–Trinajstić information content (AvgIpc) is 2.91. The number of nitrogens with zero attached hydrogens (tertiary/aromatic N) is 1. The van der Waals surface area contributed by atoms with Gasteiger partial charge in [-0.15, -0.1) is 0 Å². The molecule has 0 atom stereocenters. The highest BCUT2D eigenvalue weighted by Gasteiger charge is 2.05. The highest BCUT2D eigenvalue weighted by Crippen LogP contribution is 2.30. The van der Waals surface area contributed by atoms with Gasteiger partial charge in [0.15, 0.2) is 11.5 Å². The zero-order valence-electron chi connectivity index (χ0n) is 10.6. The molecule has 1 aromatic heterocycles. The Morgan fingerprint density at radius 2 is 2.17 bits per heavy atom. The van der Waals surface area contributed by atoms with Crippen LogP contribution < -0.4 is 14.8 Å². The van der Waals surface area contributed by atoms with E-state index >= 15 is 0 Å². The van der Waals surface area contributed by atoms with Gasteiger partial charge in [0.25, 0.3) is 0 Å². The van der Waals surface area contributed by atoms with Gasteiger partial charge < -0.3 is 14.8 Å². The minimum Gasteiger partial charge on any atom is -0.493 e. The zero-order valence-corrected chi connectivity index (χ0v) is 10.6. The Morgan fingerprint density at radius 3 is 2.83 bits per heavy atom. The molecule has 1 aromatic carbocycles. The molecule has 0 spiro atoms. The highest BCUT2D eigenvalue weighted by molar-refractivity contribution is 5.54. The van der Waals surface area contributed by atoms with Crippen LogP contribution in [0.2, 0.25) is 0 Å². The lowest BCUT2D eigenvalue weighted by Gasteiger charge is -2.11. The number of benzene rings is 1. The first-order chi connectivity index (χ1) is 8.83. The summed E-state index contributed by atoms with van der Waals surface area (Å²) < 4.78 is 10.8. The first-order valence-corrected chi connectivity index (χ1v) is 5.86. The molecular formula is C13H17N3O2. The van der Waals surface area contributed by atoms with Gasteiger partial charge in [0, 0.05) is 18.0 Å². The Hall–Kier alpha value is -2.17. The van der Waals surface area contributed by atoms with Crippen molar-refractivity contribution in [1.29, 1.82) is 0 Å². The molecule has 5 nitrogen and oxygen atoms in total. The Labute approximate surface area is 106 Å². The average molecular weight is 247 g/mol. The van der Waals surface area contributed by atoms with Crippen LogP contribution in [0.5, 0.6) is 11.5 Å². The van der Waals surface area contributed by atoms with E-state index < -0.39 is 0 Å². The maximum absolute atomic E-state index is 5.46. The van der Waals surface area contributed by atoms with Crippen molar-refractivity contribution in [2.45, 2.75) is 13.5 Å². The van der Waals surface area contributed by atoms with Gasteiger partial charge >= 0.3 is 0 Å². The minimum absolute atomic E-state index is 0.622. The predicted molar refractivity (Wildman–Crippen MR) is 70.1 cm³/mol. The predicted octanol–water partition coefficient (Wildman–Crippen LogP) is 2.43. The van der Waals surface area contributed by atoms with Gasteiger partial charge in [-0.05, 0) is 25.1 Å². The number of H-pyrrole nitrogens is 1. The van der Waals surface area contributed by atoms with Crippen LogP contribution >= 0.6 is 0 Å².